The van der Waals surface area contributed by atoms with Crippen LogP contribution in [-0.2, 0) is 13.0 Å². The lowest BCUT2D eigenvalue weighted by Crippen LogP contribution is -2.39. The van der Waals surface area contributed by atoms with Crippen molar-refractivity contribution in [1.82, 2.24) is 15.3 Å². The van der Waals surface area contributed by atoms with Gasteiger partial charge in [0, 0.05) is 12.6 Å². The molecule has 5 heteroatoms. The second-order valence-electron chi connectivity index (χ2n) is 6.29. The zero-order valence-corrected chi connectivity index (χ0v) is 14.5. The van der Waals surface area contributed by atoms with Crippen molar-refractivity contribution in [3.8, 4) is 11.5 Å². The van der Waals surface area contributed by atoms with Crippen LogP contribution in [0.5, 0.6) is 11.5 Å². The van der Waals surface area contributed by atoms with Crippen molar-refractivity contribution in [2.24, 2.45) is 0 Å². The number of fused-ring (bicyclic) bond motifs is 2. The van der Waals surface area contributed by atoms with E-state index in [1.807, 2.05) is 43.3 Å². The van der Waals surface area contributed by atoms with Crippen LogP contribution in [0.4, 0.5) is 0 Å². The molecule has 0 spiro atoms. The molecule has 4 rings (SSSR count). The predicted molar refractivity (Wildman–Crippen MR) is 97.1 cm³/mol. The van der Waals surface area contributed by atoms with Gasteiger partial charge in [-0.2, -0.15) is 0 Å². The van der Waals surface area contributed by atoms with Gasteiger partial charge >= 0.3 is 0 Å². The molecule has 0 radical (unpaired) electrons. The van der Waals surface area contributed by atoms with E-state index in [4.69, 9.17) is 14.5 Å². The average molecular weight is 335 g/mol. The monoisotopic (exact) mass is 335 g/mol. The standard InChI is InChI=1S/C20H21N3O2/c1-13-18(23-17-8-4-3-7-16(17)22-13)11-21-15-10-14-6-5-9-19(24-2)20(14)25-12-15/h3-9,15,21H,10-12H2,1-2H3. The molecule has 0 saturated heterocycles. The summed E-state index contributed by atoms with van der Waals surface area (Å²) >= 11 is 0. The van der Waals surface area contributed by atoms with Crippen LogP contribution in [0.2, 0.25) is 0 Å². The van der Waals surface area contributed by atoms with Gasteiger partial charge in [0.25, 0.3) is 0 Å². The van der Waals surface area contributed by atoms with E-state index in [0.717, 1.165) is 40.3 Å². The fourth-order valence-electron chi connectivity index (χ4n) is 3.22. The van der Waals surface area contributed by atoms with Crippen molar-refractivity contribution in [2.45, 2.75) is 25.9 Å². The van der Waals surface area contributed by atoms with Crippen LogP contribution in [0.15, 0.2) is 42.5 Å². The number of benzene rings is 2. The van der Waals surface area contributed by atoms with Crippen LogP contribution in [0, 0.1) is 6.92 Å². The fourth-order valence-corrected chi connectivity index (χ4v) is 3.22. The lowest BCUT2D eigenvalue weighted by molar-refractivity contribution is 0.226. The topological polar surface area (TPSA) is 56.3 Å². The van der Waals surface area contributed by atoms with Gasteiger partial charge in [-0.1, -0.05) is 24.3 Å². The molecule has 0 fully saturated rings. The maximum Gasteiger partial charge on any atom is 0.164 e. The van der Waals surface area contributed by atoms with Gasteiger partial charge < -0.3 is 14.8 Å². The Balaban J connectivity index is 1.48. The normalized spacial score (nSPS) is 16.3. The van der Waals surface area contributed by atoms with E-state index in [1.54, 1.807) is 7.11 Å². The number of hydrogen-bond acceptors (Lipinski definition) is 5. The second kappa shape index (κ2) is 6.69. The molecule has 1 unspecified atom stereocenters. The van der Waals surface area contributed by atoms with Crippen LogP contribution in [0.25, 0.3) is 11.0 Å². The lowest BCUT2D eigenvalue weighted by atomic mass is 10.0. The zero-order valence-electron chi connectivity index (χ0n) is 14.5. The van der Waals surface area contributed by atoms with Crippen LogP contribution in [0.1, 0.15) is 17.0 Å². The molecular formula is C20H21N3O2. The van der Waals surface area contributed by atoms with Gasteiger partial charge in [-0.05, 0) is 37.1 Å². The van der Waals surface area contributed by atoms with Gasteiger partial charge in [-0.3, -0.25) is 0 Å². The first kappa shape index (κ1) is 15.8. The smallest absolute Gasteiger partial charge is 0.164 e. The lowest BCUT2D eigenvalue weighted by Gasteiger charge is -2.27. The molecule has 128 valence electrons. The maximum atomic E-state index is 5.92. The highest BCUT2D eigenvalue weighted by molar-refractivity contribution is 5.74. The van der Waals surface area contributed by atoms with Crippen molar-refractivity contribution in [3.05, 3.63) is 59.4 Å². The minimum atomic E-state index is 0.243. The number of ether oxygens (including phenoxy) is 2. The molecule has 2 heterocycles. The molecule has 1 N–H and O–H groups in total. The minimum absolute atomic E-state index is 0.243. The molecular weight excluding hydrogens is 314 g/mol. The zero-order chi connectivity index (χ0) is 17.2. The first-order valence-corrected chi connectivity index (χ1v) is 8.49. The fraction of sp³-hybridized carbons (Fsp3) is 0.300. The SMILES string of the molecule is COc1cccc2c1OCC(NCc1nc3ccccc3nc1C)C2. The summed E-state index contributed by atoms with van der Waals surface area (Å²) in [6.45, 7) is 3.30. The minimum Gasteiger partial charge on any atom is -0.493 e. The number of nitrogens with zero attached hydrogens (tertiary/aromatic N) is 2. The number of aromatic nitrogens is 2. The first-order valence-electron chi connectivity index (χ1n) is 8.49. The molecule has 1 aromatic heterocycles. The van der Waals surface area contributed by atoms with E-state index in [-0.39, 0.29) is 6.04 Å². The first-order chi connectivity index (χ1) is 12.2. The number of hydrogen-bond donors (Lipinski definition) is 1. The van der Waals surface area contributed by atoms with Gasteiger partial charge in [-0.15, -0.1) is 0 Å². The molecule has 1 atom stereocenters. The number of aryl methyl sites for hydroxylation is 1. The maximum absolute atomic E-state index is 5.92. The summed E-state index contributed by atoms with van der Waals surface area (Å²) in [7, 11) is 1.67. The third kappa shape index (κ3) is 3.15. The predicted octanol–water partition coefficient (Wildman–Crippen LogP) is 3.04. The molecule has 0 aliphatic carbocycles. The Hall–Kier alpha value is -2.66. The molecule has 5 nitrogen and oxygen atoms in total. The van der Waals surface area contributed by atoms with E-state index in [2.05, 4.69) is 16.4 Å². The highest BCUT2D eigenvalue weighted by atomic mass is 16.5. The van der Waals surface area contributed by atoms with Crippen molar-refractivity contribution >= 4 is 11.0 Å². The molecule has 2 aromatic carbocycles. The Kier molecular flexibility index (Phi) is 4.24. The Morgan fingerprint density at radius 1 is 1.12 bits per heavy atom. The summed E-state index contributed by atoms with van der Waals surface area (Å²) in [6.07, 6.45) is 0.909. The van der Waals surface area contributed by atoms with Crippen LogP contribution < -0.4 is 14.8 Å². The van der Waals surface area contributed by atoms with Gasteiger partial charge in [0.2, 0.25) is 0 Å². The summed E-state index contributed by atoms with van der Waals surface area (Å²) in [5.74, 6) is 1.66. The van der Waals surface area contributed by atoms with Crippen molar-refractivity contribution in [1.29, 1.82) is 0 Å². The number of methoxy groups -OCH3 is 1. The molecule has 1 aliphatic rings. The summed E-state index contributed by atoms with van der Waals surface area (Å²) in [5, 5.41) is 3.55. The molecule has 25 heavy (non-hydrogen) atoms. The summed E-state index contributed by atoms with van der Waals surface area (Å²) in [4.78, 5) is 9.39. The van der Waals surface area contributed by atoms with Gasteiger partial charge in [0.1, 0.15) is 6.61 Å². The third-order valence-electron chi connectivity index (χ3n) is 4.58. The number of nitrogens with one attached hydrogen (secondary N) is 1. The van der Waals surface area contributed by atoms with E-state index in [1.165, 1.54) is 5.56 Å². The van der Waals surface area contributed by atoms with Gasteiger partial charge in [-0.25, -0.2) is 9.97 Å². The molecule has 1 aliphatic heterocycles. The van der Waals surface area contributed by atoms with Crippen LogP contribution in [-0.4, -0.2) is 29.7 Å². The average Bonchev–Trinajstić information content (AvgIpc) is 2.65. The highest BCUT2D eigenvalue weighted by Crippen LogP contribution is 2.34. The van der Waals surface area contributed by atoms with Gasteiger partial charge in [0.05, 0.1) is 29.5 Å². The van der Waals surface area contributed by atoms with Crippen molar-refractivity contribution in [2.75, 3.05) is 13.7 Å². The third-order valence-corrected chi connectivity index (χ3v) is 4.58. The Bertz CT molecular complexity index is 911. The molecule has 3 aromatic rings. The largest absolute Gasteiger partial charge is 0.493 e. The highest BCUT2D eigenvalue weighted by Gasteiger charge is 2.22. The summed E-state index contributed by atoms with van der Waals surface area (Å²) in [6, 6.07) is 14.2. The number of para-hydroxylation sites is 3. The quantitative estimate of drug-likeness (QED) is 0.794. The second-order valence-corrected chi connectivity index (χ2v) is 6.29. The summed E-state index contributed by atoms with van der Waals surface area (Å²) in [5.41, 5.74) is 4.98. The van der Waals surface area contributed by atoms with Gasteiger partial charge in [0.15, 0.2) is 11.5 Å². The van der Waals surface area contributed by atoms with Crippen molar-refractivity contribution in [3.63, 3.8) is 0 Å². The van der Waals surface area contributed by atoms with E-state index < -0.39 is 0 Å². The molecule has 0 bridgehead atoms. The Labute approximate surface area is 147 Å². The number of rotatable bonds is 4. The van der Waals surface area contributed by atoms with E-state index in [9.17, 15) is 0 Å². The summed E-state index contributed by atoms with van der Waals surface area (Å²) < 4.78 is 11.3. The van der Waals surface area contributed by atoms with Crippen molar-refractivity contribution < 1.29 is 9.47 Å². The molecule has 0 saturated carbocycles. The van der Waals surface area contributed by atoms with E-state index >= 15 is 0 Å². The van der Waals surface area contributed by atoms with Crippen LogP contribution in [0.3, 0.4) is 0 Å². The van der Waals surface area contributed by atoms with E-state index in [0.29, 0.717) is 13.2 Å². The Morgan fingerprint density at radius 3 is 2.72 bits per heavy atom. The Morgan fingerprint density at radius 2 is 1.92 bits per heavy atom. The van der Waals surface area contributed by atoms with Crippen LogP contribution >= 0.6 is 0 Å². The molecule has 0 amide bonds.